The van der Waals surface area contributed by atoms with E-state index in [1.807, 2.05) is 24.3 Å². The van der Waals surface area contributed by atoms with Crippen molar-refractivity contribution < 1.29 is 0 Å². The molecule has 0 radical (unpaired) electrons. The van der Waals surface area contributed by atoms with E-state index in [1.165, 1.54) is 5.56 Å². The van der Waals surface area contributed by atoms with E-state index in [9.17, 15) is 0 Å². The first-order valence-corrected chi connectivity index (χ1v) is 4.41. The van der Waals surface area contributed by atoms with Gasteiger partial charge in [-0.3, -0.25) is 0 Å². The highest BCUT2D eigenvalue weighted by molar-refractivity contribution is 5.19. The fourth-order valence-corrected chi connectivity index (χ4v) is 1.04. The summed E-state index contributed by atoms with van der Waals surface area (Å²) in [6.45, 7) is 3.60. The van der Waals surface area contributed by atoms with Crippen molar-refractivity contribution in [3.63, 3.8) is 0 Å². The van der Waals surface area contributed by atoms with E-state index in [1.54, 1.807) is 6.08 Å². The molecule has 0 unspecified atom stereocenters. The minimum absolute atomic E-state index is 0.988. The van der Waals surface area contributed by atoms with Gasteiger partial charge in [0.15, 0.2) is 0 Å². The van der Waals surface area contributed by atoms with Gasteiger partial charge in [0.1, 0.15) is 0 Å². The maximum Gasteiger partial charge on any atom is -0.00943 e. The zero-order valence-corrected chi connectivity index (χ0v) is 7.69. The van der Waals surface area contributed by atoms with Gasteiger partial charge < -0.3 is 0 Å². The molecule has 0 aliphatic rings. The normalized spacial score (nSPS) is 11.1. The first-order valence-electron chi connectivity index (χ1n) is 4.41. The van der Waals surface area contributed by atoms with Crippen molar-refractivity contribution in [2.75, 3.05) is 0 Å². The molecule has 0 nitrogen and oxygen atoms in total. The van der Waals surface area contributed by atoms with Gasteiger partial charge in [-0.05, 0) is 12.0 Å². The molecule has 0 saturated carbocycles. The van der Waals surface area contributed by atoms with Crippen molar-refractivity contribution in [1.29, 1.82) is 0 Å². The van der Waals surface area contributed by atoms with E-state index in [0.717, 1.165) is 6.42 Å². The molecule has 0 heteroatoms. The van der Waals surface area contributed by atoms with Crippen LogP contribution in [0.4, 0.5) is 0 Å². The molecule has 0 atom stereocenters. The molecule has 66 valence electrons. The molecule has 0 spiro atoms. The summed E-state index contributed by atoms with van der Waals surface area (Å²) in [7, 11) is 0. The van der Waals surface area contributed by atoms with E-state index in [2.05, 4.69) is 36.9 Å². The number of rotatable bonds is 4. The molecule has 0 fully saturated rings. The van der Waals surface area contributed by atoms with Crippen LogP contribution in [0.3, 0.4) is 0 Å². The molecule has 0 N–H and O–H groups in total. The summed E-state index contributed by atoms with van der Waals surface area (Å²) in [4.78, 5) is 0. The molecule has 1 rings (SSSR count). The lowest BCUT2D eigenvalue weighted by Gasteiger charge is -1.92. The molecular weight excluding hydrogens is 156 g/mol. The summed E-state index contributed by atoms with van der Waals surface area (Å²) in [6, 6.07) is 10.4. The average molecular weight is 170 g/mol. The minimum Gasteiger partial charge on any atom is -0.0991 e. The first kappa shape index (κ1) is 9.53. The van der Waals surface area contributed by atoms with Crippen molar-refractivity contribution in [1.82, 2.24) is 0 Å². The molecule has 0 amide bonds. The summed E-state index contributed by atoms with van der Waals surface area (Å²) in [6.07, 6.45) is 10.8. The number of allylic oxidation sites excluding steroid dienone is 5. The summed E-state index contributed by atoms with van der Waals surface area (Å²) >= 11 is 0. The summed E-state index contributed by atoms with van der Waals surface area (Å²) < 4.78 is 0. The molecule has 0 saturated heterocycles. The van der Waals surface area contributed by atoms with Crippen LogP contribution in [0.1, 0.15) is 5.56 Å². The standard InChI is InChI=1S/C13H14/c1-2-3-4-5-7-10-13-11-8-6-9-12-13/h2-9,11-12H,1,10H2. The van der Waals surface area contributed by atoms with Crippen LogP contribution in [0.5, 0.6) is 0 Å². The Bertz CT molecular complexity index is 291. The molecule has 13 heavy (non-hydrogen) atoms. The Morgan fingerprint density at radius 2 is 1.77 bits per heavy atom. The monoisotopic (exact) mass is 170 g/mol. The fourth-order valence-electron chi connectivity index (χ4n) is 1.04. The van der Waals surface area contributed by atoms with Crippen LogP contribution in [0.2, 0.25) is 0 Å². The van der Waals surface area contributed by atoms with Crippen LogP contribution in [0, 0.1) is 0 Å². The van der Waals surface area contributed by atoms with Crippen molar-refractivity contribution in [3.8, 4) is 0 Å². The zero-order chi connectivity index (χ0) is 9.36. The van der Waals surface area contributed by atoms with Gasteiger partial charge in [-0.25, -0.2) is 0 Å². The Kier molecular flexibility index (Phi) is 4.41. The molecule has 0 aromatic heterocycles. The Labute approximate surface area is 79.9 Å². The van der Waals surface area contributed by atoms with Gasteiger partial charge in [0.25, 0.3) is 0 Å². The summed E-state index contributed by atoms with van der Waals surface area (Å²) in [5, 5.41) is 0. The van der Waals surface area contributed by atoms with E-state index in [0.29, 0.717) is 0 Å². The molecule has 0 aliphatic heterocycles. The molecule has 1 aromatic rings. The quantitative estimate of drug-likeness (QED) is 0.606. The second-order valence-electron chi connectivity index (χ2n) is 2.74. The van der Waals surface area contributed by atoms with Crippen molar-refractivity contribution in [3.05, 3.63) is 72.9 Å². The number of hydrogen-bond donors (Lipinski definition) is 0. The predicted molar refractivity (Wildman–Crippen MR) is 58.6 cm³/mol. The molecule has 0 aliphatic carbocycles. The minimum atomic E-state index is 0.988. The topological polar surface area (TPSA) is 0 Å². The second-order valence-corrected chi connectivity index (χ2v) is 2.74. The Morgan fingerprint density at radius 1 is 1.00 bits per heavy atom. The summed E-state index contributed by atoms with van der Waals surface area (Å²) in [5.41, 5.74) is 1.34. The van der Waals surface area contributed by atoms with Crippen molar-refractivity contribution in [2.24, 2.45) is 0 Å². The highest BCUT2D eigenvalue weighted by Crippen LogP contribution is 1.99. The lowest BCUT2D eigenvalue weighted by molar-refractivity contribution is 1.27. The van der Waals surface area contributed by atoms with Crippen LogP contribution in [0.15, 0.2) is 67.3 Å². The maximum atomic E-state index is 3.60. The van der Waals surface area contributed by atoms with Crippen LogP contribution < -0.4 is 0 Å². The smallest absolute Gasteiger partial charge is 0.00943 e. The molecule has 0 bridgehead atoms. The summed E-state index contributed by atoms with van der Waals surface area (Å²) in [5.74, 6) is 0. The van der Waals surface area contributed by atoms with Gasteiger partial charge in [0, 0.05) is 0 Å². The number of hydrogen-bond acceptors (Lipinski definition) is 0. The SMILES string of the molecule is C=CC=CC=CCc1ccccc1. The van der Waals surface area contributed by atoms with Gasteiger partial charge in [-0.2, -0.15) is 0 Å². The Hall–Kier alpha value is -1.56. The number of benzene rings is 1. The van der Waals surface area contributed by atoms with Gasteiger partial charge >= 0.3 is 0 Å². The third kappa shape index (κ3) is 4.12. The van der Waals surface area contributed by atoms with Crippen molar-refractivity contribution in [2.45, 2.75) is 6.42 Å². The van der Waals surface area contributed by atoms with Gasteiger partial charge in [0.05, 0.1) is 0 Å². The highest BCUT2D eigenvalue weighted by atomic mass is 13.9. The molecule has 0 heterocycles. The van der Waals surface area contributed by atoms with Crippen LogP contribution in [-0.2, 0) is 6.42 Å². The predicted octanol–water partition coefficient (Wildman–Crippen LogP) is 3.53. The van der Waals surface area contributed by atoms with Crippen LogP contribution in [-0.4, -0.2) is 0 Å². The van der Waals surface area contributed by atoms with E-state index in [-0.39, 0.29) is 0 Å². The third-order valence-electron chi connectivity index (χ3n) is 1.69. The van der Waals surface area contributed by atoms with E-state index in [4.69, 9.17) is 0 Å². The largest absolute Gasteiger partial charge is 0.0991 e. The lowest BCUT2D eigenvalue weighted by Crippen LogP contribution is -1.77. The second kappa shape index (κ2) is 6.01. The Morgan fingerprint density at radius 3 is 2.46 bits per heavy atom. The van der Waals surface area contributed by atoms with Gasteiger partial charge in [0.2, 0.25) is 0 Å². The van der Waals surface area contributed by atoms with Gasteiger partial charge in [-0.1, -0.05) is 67.3 Å². The van der Waals surface area contributed by atoms with Crippen LogP contribution in [0.25, 0.3) is 0 Å². The Balaban J connectivity index is 2.39. The third-order valence-corrected chi connectivity index (χ3v) is 1.69. The van der Waals surface area contributed by atoms with Crippen molar-refractivity contribution >= 4 is 0 Å². The highest BCUT2D eigenvalue weighted by Gasteiger charge is 1.83. The molecule has 1 aromatic carbocycles. The van der Waals surface area contributed by atoms with E-state index >= 15 is 0 Å². The van der Waals surface area contributed by atoms with E-state index < -0.39 is 0 Å². The first-order chi connectivity index (χ1) is 6.43. The lowest BCUT2D eigenvalue weighted by atomic mass is 10.1. The van der Waals surface area contributed by atoms with Crippen LogP contribution >= 0.6 is 0 Å². The fraction of sp³-hybridized carbons (Fsp3) is 0.0769. The zero-order valence-electron chi connectivity index (χ0n) is 7.69. The average Bonchev–Trinajstić information content (AvgIpc) is 2.19. The van der Waals surface area contributed by atoms with Gasteiger partial charge in [-0.15, -0.1) is 0 Å². The maximum absolute atomic E-state index is 3.60. The molecular formula is C13H14.